The lowest BCUT2D eigenvalue weighted by molar-refractivity contribution is -0.117. The molecule has 0 fully saturated rings. The highest BCUT2D eigenvalue weighted by molar-refractivity contribution is 6.00. The fraction of sp³-hybridized carbons (Fsp3) is 0.125. The molecule has 6 heteroatoms. The molecular formula is C16H14F2N2O2. The molecule has 2 aromatic carbocycles. The fourth-order valence-corrected chi connectivity index (χ4v) is 1.78. The summed E-state index contributed by atoms with van der Waals surface area (Å²) in [5.41, 5.74) is 0.130. The van der Waals surface area contributed by atoms with E-state index in [1.165, 1.54) is 43.3 Å². The Bertz CT molecular complexity index is 704. The van der Waals surface area contributed by atoms with Crippen molar-refractivity contribution >= 4 is 17.5 Å². The van der Waals surface area contributed by atoms with E-state index >= 15 is 0 Å². The van der Waals surface area contributed by atoms with Crippen molar-refractivity contribution in [3.63, 3.8) is 0 Å². The highest BCUT2D eigenvalue weighted by Gasteiger charge is 2.18. The van der Waals surface area contributed by atoms with Crippen molar-refractivity contribution < 1.29 is 18.4 Å². The van der Waals surface area contributed by atoms with Gasteiger partial charge >= 0.3 is 0 Å². The zero-order valence-corrected chi connectivity index (χ0v) is 11.8. The van der Waals surface area contributed by atoms with E-state index < -0.39 is 29.5 Å². The lowest BCUT2D eigenvalue weighted by Gasteiger charge is -2.14. The van der Waals surface area contributed by atoms with Gasteiger partial charge in [0.25, 0.3) is 5.91 Å². The number of rotatable bonds is 4. The van der Waals surface area contributed by atoms with Gasteiger partial charge in [-0.3, -0.25) is 9.59 Å². The average Bonchev–Trinajstić information content (AvgIpc) is 2.49. The van der Waals surface area contributed by atoms with Crippen LogP contribution in [0.4, 0.5) is 14.5 Å². The molecule has 2 N–H and O–H groups in total. The number of hydrogen-bond donors (Lipinski definition) is 2. The van der Waals surface area contributed by atoms with Gasteiger partial charge in [-0.05, 0) is 37.3 Å². The summed E-state index contributed by atoms with van der Waals surface area (Å²) in [7, 11) is 0. The van der Waals surface area contributed by atoms with Crippen LogP contribution in [0.2, 0.25) is 0 Å². The summed E-state index contributed by atoms with van der Waals surface area (Å²) in [6.07, 6.45) is 0. The maximum absolute atomic E-state index is 13.4. The van der Waals surface area contributed by atoms with Crippen LogP contribution in [0.15, 0.2) is 48.5 Å². The van der Waals surface area contributed by atoms with Crippen LogP contribution in [0.3, 0.4) is 0 Å². The van der Waals surface area contributed by atoms with E-state index in [1.807, 2.05) is 0 Å². The molecular weight excluding hydrogens is 290 g/mol. The lowest BCUT2D eigenvalue weighted by Crippen LogP contribution is -2.41. The normalized spacial score (nSPS) is 11.6. The summed E-state index contributed by atoms with van der Waals surface area (Å²) in [6.45, 7) is 1.45. The maximum atomic E-state index is 13.4. The van der Waals surface area contributed by atoms with Crippen LogP contribution in [0, 0.1) is 11.6 Å². The highest BCUT2D eigenvalue weighted by Crippen LogP contribution is 2.12. The Labute approximate surface area is 126 Å². The van der Waals surface area contributed by atoms with Gasteiger partial charge in [0, 0.05) is 5.56 Å². The molecule has 4 nitrogen and oxygen atoms in total. The summed E-state index contributed by atoms with van der Waals surface area (Å²) in [4.78, 5) is 23.8. The first-order chi connectivity index (χ1) is 10.5. The number of hydrogen-bond acceptors (Lipinski definition) is 2. The lowest BCUT2D eigenvalue weighted by atomic mass is 10.2. The van der Waals surface area contributed by atoms with Gasteiger partial charge < -0.3 is 10.6 Å². The molecule has 1 atom stereocenters. The first kappa shape index (κ1) is 15.6. The van der Waals surface area contributed by atoms with E-state index in [4.69, 9.17) is 0 Å². The molecule has 0 bridgehead atoms. The molecule has 0 radical (unpaired) electrons. The number of anilines is 1. The third kappa shape index (κ3) is 3.88. The second-order valence-electron chi connectivity index (χ2n) is 4.67. The highest BCUT2D eigenvalue weighted by atomic mass is 19.1. The molecule has 0 heterocycles. The maximum Gasteiger partial charge on any atom is 0.252 e. The Morgan fingerprint density at radius 3 is 2.45 bits per heavy atom. The predicted octanol–water partition coefficient (Wildman–Crippen LogP) is 2.72. The number of benzene rings is 2. The summed E-state index contributed by atoms with van der Waals surface area (Å²) < 4.78 is 26.5. The van der Waals surface area contributed by atoms with Gasteiger partial charge in [0.2, 0.25) is 5.91 Å². The Morgan fingerprint density at radius 2 is 1.77 bits per heavy atom. The van der Waals surface area contributed by atoms with E-state index in [9.17, 15) is 18.4 Å². The van der Waals surface area contributed by atoms with Crippen LogP contribution in [-0.4, -0.2) is 17.9 Å². The molecule has 0 aromatic heterocycles. The molecule has 2 aromatic rings. The van der Waals surface area contributed by atoms with E-state index in [1.54, 1.807) is 6.07 Å². The molecule has 0 spiro atoms. The standard InChI is InChI=1S/C16H14F2N2O2/c1-10(15(21)20-14-8-3-2-7-13(14)18)19-16(22)11-5-4-6-12(17)9-11/h2-10H,1H3,(H,19,22)(H,20,21). The molecule has 0 aliphatic rings. The summed E-state index contributed by atoms with van der Waals surface area (Å²) in [6, 6.07) is 9.90. The third-order valence-corrected chi connectivity index (χ3v) is 2.96. The number of amides is 2. The van der Waals surface area contributed by atoms with Crippen molar-refractivity contribution in [3.05, 3.63) is 65.7 Å². The molecule has 0 saturated heterocycles. The van der Waals surface area contributed by atoms with Crippen LogP contribution in [0.1, 0.15) is 17.3 Å². The molecule has 22 heavy (non-hydrogen) atoms. The summed E-state index contributed by atoms with van der Waals surface area (Å²) in [5, 5.41) is 4.80. The topological polar surface area (TPSA) is 58.2 Å². The van der Waals surface area contributed by atoms with Crippen LogP contribution >= 0.6 is 0 Å². The minimum Gasteiger partial charge on any atom is -0.341 e. The van der Waals surface area contributed by atoms with Gasteiger partial charge in [0.15, 0.2) is 0 Å². The van der Waals surface area contributed by atoms with E-state index in [0.717, 1.165) is 6.07 Å². The number of halogens is 2. The van der Waals surface area contributed by atoms with E-state index in [-0.39, 0.29) is 11.3 Å². The average molecular weight is 304 g/mol. The summed E-state index contributed by atoms with van der Waals surface area (Å²) in [5.74, 6) is -2.28. The second-order valence-corrected chi connectivity index (χ2v) is 4.67. The zero-order valence-electron chi connectivity index (χ0n) is 11.8. The molecule has 1 unspecified atom stereocenters. The van der Waals surface area contributed by atoms with E-state index in [2.05, 4.69) is 10.6 Å². The fourth-order valence-electron chi connectivity index (χ4n) is 1.78. The first-order valence-electron chi connectivity index (χ1n) is 6.59. The number of nitrogens with one attached hydrogen (secondary N) is 2. The van der Waals surface area contributed by atoms with Gasteiger partial charge in [-0.1, -0.05) is 18.2 Å². The Kier molecular flexibility index (Phi) is 4.83. The SMILES string of the molecule is CC(NC(=O)c1cccc(F)c1)C(=O)Nc1ccccc1F. The van der Waals surface area contributed by atoms with Crippen molar-refractivity contribution in [3.8, 4) is 0 Å². The van der Waals surface area contributed by atoms with Crippen molar-refractivity contribution in [2.45, 2.75) is 13.0 Å². The van der Waals surface area contributed by atoms with Crippen molar-refractivity contribution in [2.24, 2.45) is 0 Å². The molecule has 0 aliphatic heterocycles. The van der Waals surface area contributed by atoms with Crippen LogP contribution in [-0.2, 0) is 4.79 Å². The monoisotopic (exact) mass is 304 g/mol. The van der Waals surface area contributed by atoms with Crippen LogP contribution in [0.5, 0.6) is 0 Å². The molecule has 2 amide bonds. The van der Waals surface area contributed by atoms with Crippen molar-refractivity contribution in [1.82, 2.24) is 5.32 Å². The van der Waals surface area contributed by atoms with Crippen LogP contribution in [0.25, 0.3) is 0 Å². The largest absolute Gasteiger partial charge is 0.341 e. The minimum atomic E-state index is -0.907. The molecule has 0 aliphatic carbocycles. The minimum absolute atomic E-state index is 0.0272. The number of carbonyl (C=O) groups is 2. The van der Waals surface area contributed by atoms with E-state index in [0.29, 0.717) is 0 Å². The second kappa shape index (κ2) is 6.80. The quantitative estimate of drug-likeness (QED) is 0.912. The van der Waals surface area contributed by atoms with Crippen molar-refractivity contribution in [1.29, 1.82) is 0 Å². The third-order valence-electron chi connectivity index (χ3n) is 2.96. The van der Waals surface area contributed by atoms with Gasteiger partial charge in [-0.2, -0.15) is 0 Å². The summed E-state index contributed by atoms with van der Waals surface area (Å²) >= 11 is 0. The smallest absolute Gasteiger partial charge is 0.252 e. The molecule has 114 valence electrons. The number of para-hydroxylation sites is 1. The number of carbonyl (C=O) groups excluding carboxylic acids is 2. The Hall–Kier alpha value is -2.76. The zero-order chi connectivity index (χ0) is 16.1. The van der Waals surface area contributed by atoms with Gasteiger partial charge in [0.05, 0.1) is 5.69 Å². The van der Waals surface area contributed by atoms with Gasteiger partial charge in [0.1, 0.15) is 17.7 Å². The molecule has 0 saturated carbocycles. The Balaban J connectivity index is 1.99. The predicted molar refractivity (Wildman–Crippen MR) is 78.4 cm³/mol. The Morgan fingerprint density at radius 1 is 1.05 bits per heavy atom. The molecule has 2 rings (SSSR count). The van der Waals surface area contributed by atoms with Crippen LogP contribution < -0.4 is 10.6 Å². The van der Waals surface area contributed by atoms with Crippen molar-refractivity contribution in [2.75, 3.05) is 5.32 Å². The first-order valence-corrected chi connectivity index (χ1v) is 6.59. The van der Waals surface area contributed by atoms with Gasteiger partial charge in [-0.15, -0.1) is 0 Å². The van der Waals surface area contributed by atoms with Gasteiger partial charge in [-0.25, -0.2) is 8.78 Å².